The van der Waals surface area contributed by atoms with Crippen LogP contribution in [0.4, 0.5) is 0 Å². The molecule has 140 valence electrons. The first kappa shape index (κ1) is 17.4. The van der Waals surface area contributed by atoms with Gasteiger partial charge >= 0.3 is 0 Å². The van der Waals surface area contributed by atoms with Crippen molar-refractivity contribution in [1.82, 2.24) is 10.2 Å². The Labute approximate surface area is 154 Å². The van der Waals surface area contributed by atoms with Gasteiger partial charge in [0.2, 0.25) is 0 Å². The third kappa shape index (κ3) is 3.45. The van der Waals surface area contributed by atoms with E-state index in [2.05, 4.69) is 11.4 Å². The smallest absolute Gasteiger partial charge is 0.289 e. The van der Waals surface area contributed by atoms with Gasteiger partial charge in [-0.3, -0.25) is 4.79 Å². The highest BCUT2D eigenvalue weighted by molar-refractivity contribution is 5.98. The number of piperidine rings is 1. The van der Waals surface area contributed by atoms with Crippen LogP contribution in [0.15, 0.2) is 22.6 Å². The SMILES string of the molecule is COc1ccc(CNC2CCCC2)c2cc(C(=O)N3CCCCC3)oc12. The molecule has 1 aromatic carbocycles. The summed E-state index contributed by atoms with van der Waals surface area (Å²) in [5.41, 5.74) is 1.84. The molecule has 1 amide bonds. The van der Waals surface area contributed by atoms with Gasteiger partial charge in [-0.1, -0.05) is 18.9 Å². The Kier molecular flexibility index (Phi) is 5.16. The molecule has 5 nitrogen and oxygen atoms in total. The van der Waals surface area contributed by atoms with Crippen molar-refractivity contribution < 1.29 is 13.9 Å². The van der Waals surface area contributed by atoms with Gasteiger partial charge in [-0.05, 0) is 49.8 Å². The summed E-state index contributed by atoms with van der Waals surface area (Å²) >= 11 is 0. The van der Waals surface area contributed by atoms with Crippen LogP contribution >= 0.6 is 0 Å². The van der Waals surface area contributed by atoms with Crippen molar-refractivity contribution in [3.63, 3.8) is 0 Å². The Bertz CT molecular complexity index is 771. The molecule has 1 saturated heterocycles. The van der Waals surface area contributed by atoms with Crippen LogP contribution in [0.25, 0.3) is 11.0 Å². The van der Waals surface area contributed by atoms with Crippen LogP contribution in [-0.4, -0.2) is 37.0 Å². The van der Waals surface area contributed by atoms with E-state index in [0.29, 0.717) is 23.1 Å². The van der Waals surface area contributed by atoms with E-state index in [9.17, 15) is 4.79 Å². The number of methoxy groups -OCH3 is 1. The van der Waals surface area contributed by atoms with Crippen molar-refractivity contribution in [3.8, 4) is 5.75 Å². The molecule has 1 aliphatic carbocycles. The zero-order valence-electron chi connectivity index (χ0n) is 15.6. The van der Waals surface area contributed by atoms with E-state index in [0.717, 1.165) is 43.4 Å². The van der Waals surface area contributed by atoms with Crippen LogP contribution in [-0.2, 0) is 6.54 Å². The van der Waals surface area contributed by atoms with Crippen LogP contribution in [0.2, 0.25) is 0 Å². The van der Waals surface area contributed by atoms with Crippen LogP contribution in [0.5, 0.6) is 5.75 Å². The Hall–Kier alpha value is -2.01. The first-order valence-corrected chi connectivity index (χ1v) is 9.88. The van der Waals surface area contributed by atoms with Gasteiger partial charge in [0.25, 0.3) is 5.91 Å². The highest BCUT2D eigenvalue weighted by atomic mass is 16.5. The summed E-state index contributed by atoms with van der Waals surface area (Å²) in [5, 5.41) is 4.63. The maximum Gasteiger partial charge on any atom is 0.289 e. The molecule has 4 rings (SSSR count). The third-order valence-electron chi connectivity index (χ3n) is 5.75. The lowest BCUT2D eigenvalue weighted by Crippen LogP contribution is -2.35. The number of amides is 1. The molecule has 5 heteroatoms. The quantitative estimate of drug-likeness (QED) is 0.876. The second-order valence-electron chi connectivity index (χ2n) is 7.50. The standard InChI is InChI=1S/C21H28N2O3/c1-25-18-10-9-15(14-22-16-7-3-4-8-16)17-13-19(26-20(17)18)21(24)23-11-5-2-6-12-23/h9-10,13,16,22H,2-8,11-12,14H2,1H3. The Morgan fingerprint density at radius 3 is 2.69 bits per heavy atom. The number of ether oxygens (including phenoxy) is 1. The van der Waals surface area contributed by atoms with Gasteiger partial charge in [-0.2, -0.15) is 0 Å². The van der Waals surface area contributed by atoms with Gasteiger partial charge < -0.3 is 19.4 Å². The van der Waals surface area contributed by atoms with Crippen molar-refractivity contribution in [3.05, 3.63) is 29.5 Å². The van der Waals surface area contributed by atoms with E-state index in [-0.39, 0.29) is 5.91 Å². The average Bonchev–Trinajstić information content (AvgIpc) is 3.36. The summed E-state index contributed by atoms with van der Waals surface area (Å²) in [4.78, 5) is 14.7. The van der Waals surface area contributed by atoms with Gasteiger partial charge in [0.05, 0.1) is 7.11 Å². The molecule has 1 aliphatic heterocycles. The monoisotopic (exact) mass is 356 g/mol. The minimum Gasteiger partial charge on any atom is -0.493 e. The number of rotatable bonds is 5. The van der Waals surface area contributed by atoms with Crippen molar-refractivity contribution >= 4 is 16.9 Å². The number of furan rings is 1. The largest absolute Gasteiger partial charge is 0.493 e. The third-order valence-corrected chi connectivity index (χ3v) is 5.75. The van der Waals surface area contributed by atoms with E-state index in [1.54, 1.807) is 7.11 Å². The fraction of sp³-hybridized carbons (Fsp3) is 0.571. The number of nitrogens with zero attached hydrogens (tertiary/aromatic N) is 1. The number of fused-ring (bicyclic) bond motifs is 1. The zero-order valence-corrected chi connectivity index (χ0v) is 15.6. The summed E-state index contributed by atoms with van der Waals surface area (Å²) in [6, 6.07) is 6.52. The van der Waals surface area contributed by atoms with Gasteiger partial charge in [-0.15, -0.1) is 0 Å². The second-order valence-corrected chi connectivity index (χ2v) is 7.50. The lowest BCUT2D eigenvalue weighted by Gasteiger charge is -2.25. The molecule has 2 fully saturated rings. The fourth-order valence-electron chi connectivity index (χ4n) is 4.21. The Morgan fingerprint density at radius 1 is 1.19 bits per heavy atom. The number of carbonyl (C=O) groups is 1. The number of nitrogens with one attached hydrogen (secondary N) is 1. The molecular formula is C21H28N2O3. The summed E-state index contributed by atoms with van der Waals surface area (Å²) in [6.45, 7) is 2.44. The molecular weight excluding hydrogens is 328 g/mol. The molecule has 2 aliphatic rings. The lowest BCUT2D eigenvalue weighted by molar-refractivity contribution is 0.0694. The zero-order chi connectivity index (χ0) is 17.9. The van der Waals surface area contributed by atoms with E-state index < -0.39 is 0 Å². The number of carbonyl (C=O) groups excluding carboxylic acids is 1. The first-order chi connectivity index (χ1) is 12.8. The molecule has 0 spiro atoms. The summed E-state index contributed by atoms with van der Waals surface area (Å²) in [7, 11) is 1.64. The van der Waals surface area contributed by atoms with Crippen LogP contribution in [0.3, 0.4) is 0 Å². The molecule has 1 saturated carbocycles. The number of hydrogen-bond acceptors (Lipinski definition) is 4. The molecule has 0 radical (unpaired) electrons. The predicted molar refractivity (Wildman–Crippen MR) is 102 cm³/mol. The van der Waals surface area contributed by atoms with Crippen molar-refractivity contribution in [1.29, 1.82) is 0 Å². The van der Waals surface area contributed by atoms with Crippen molar-refractivity contribution in [2.75, 3.05) is 20.2 Å². The van der Waals surface area contributed by atoms with E-state index in [4.69, 9.17) is 9.15 Å². The van der Waals surface area contributed by atoms with E-state index in [1.807, 2.05) is 17.0 Å². The van der Waals surface area contributed by atoms with Gasteiger partial charge in [-0.25, -0.2) is 0 Å². The highest BCUT2D eigenvalue weighted by Crippen LogP contribution is 2.32. The fourth-order valence-corrected chi connectivity index (χ4v) is 4.21. The predicted octanol–water partition coefficient (Wildman–Crippen LogP) is 4.10. The first-order valence-electron chi connectivity index (χ1n) is 9.88. The number of likely N-dealkylation sites (tertiary alicyclic amines) is 1. The molecule has 1 N–H and O–H groups in total. The molecule has 26 heavy (non-hydrogen) atoms. The Balaban J connectivity index is 1.61. The highest BCUT2D eigenvalue weighted by Gasteiger charge is 2.24. The van der Waals surface area contributed by atoms with Crippen molar-refractivity contribution in [2.24, 2.45) is 0 Å². The molecule has 2 heterocycles. The van der Waals surface area contributed by atoms with Gasteiger partial charge in [0.15, 0.2) is 17.1 Å². The van der Waals surface area contributed by atoms with Crippen molar-refractivity contribution in [2.45, 2.75) is 57.5 Å². The van der Waals surface area contributed by atoms with E-state index in [1.165, 1.54) is 32.1 Å². The van der Waals surface area contributed by atoms with Gasteiger partial charge in [0.1, 0.15) is 0 Å². The number of hydrogen-bond donors (Lipinski definition) is 1. The summed E-state index contributed by atoms with van der Waals surface area (Å²) in [6.07, 6.45) is 8.49. The molecule has 0 unspecified atom stereocenters. The molecule has 2 aromatic rings. The molecule has 0 atom stereocenters. The molecule has 1 aromatic heterocycles. The second kappa shape index (κ2) is 7.70. The minimum atomic E-state index is -0.00217. The Morgan fingerprint density at radius 2 is 1.96 bits per heavy atom. The maximum atomic E-state index is 12.8. The normalized spacial score (nSPS) is 18.6. The summed E-state index contributed by atoms with van der Waals surface area (Å²) in [5.74, 6) is 1.11. The average molecular weight is 356 g/mol. The van der Waals surface area contributed by atoms with Crippen LogP contribution in [0, 0.1) is 0 Å². The topological polar surface area (TPSA) is 54.7 Å². The van der Waals surface area contributed by atoms with Gasteiger partial charge in [0, 0.05) is 31.1 Å². The minimum absolute atomic E-state index is 0.00217. The number of benzene rings is 1. The van der Waals surface area contributed by atoms with E-state index >= 15 is 0 Å². The van der Waals surface area contributed by atoms with Crippen LogP contribution < -0.4 is 10.1 Å². The molecule has 0 bridgehead atoms. The lowest BCUT2D eigenvalue weighted by atomic mass is 10.1. The summed E-state index contributed by atoms with van der Waals surface area (Å²) < 4.78 is 11.4. The maximum absolute atomic E-state index is 12.8. The van der Waals surface area contributed by atoms with Crippen LogP contribution in [0.1, 0.15) is 61.1 Å².